The molecule has 2 N–H and O–H groups in total. The van der Waals surface area contributed by atoms with Crippen molar-refractivity contribution >= 4 is 0 Å². The molecule has 1 aliphatic rings. The third-order valence-electron chi connectivity index (χ3n) is 3.64. The molecule has 1 rings (SSSR count). The van der Waals surface area contributed by atoms with Gasteiger partial charge >= 0.3 is 0 Å². The van der Waals surface area contributed by atoms with Gasteiger partial charge in [0.05, 0.1) is 6.10 Å². The second-order valence-corrected chi connectivity index (χ2v) is 6.93. The van der Waals surface area contributed by atoms with Gasteiger partial charge in [0.25, 0.3) is 0 Å². The van der Waals surface area contributed by atoms with Crippen LogP contribution in [0.4, 0.5) is 0 Å². The highest BCUT2D eigenvalue weighted by Crippen LogP contribution is 2.22. The number of nitrogens with one attached hydrogen (secondary N) is 1. The molecule has 1 atom stereocenters. The van der Waals surface area contributed by atoms with Crippen molar-refractivity contribution in [3.63, 3.8) is 0 Å². The number of aliphatic hydroxyl groups excluding tert-OH is 1. The van der Waals surface area contributed by atoms with E-state index in [-0.39, 0.29) is 11.5 Å². The van der Waals surface area contributed by atoms with Crippen molar-refractivity contribution in [2.45, 2.75) is 71.8 Å². The first-order valence-corrected chi connectivity index (χ1v) is 7.36. The first-order chi connectivity index (χ1) is 7.97. The van der Waals surface area contributed by atoms with E-state index >= 15 is 0 Å². The zero-order valence-electron chi connectivity index (χ0n) is 12.0. The van der Waals surface area contributed by atoms with Gasteiger partial charge in [-0.2, -0.15) is 0 Å². The van der Waals surface area contributed by atoms with Gasteiger partial charge in [-0.1, -0.05) is 46.5 Å². The highest BCUT2D eigenvalue weighted by molar-refractivity contribution is 4.72. The van der Waals surface area contributed by atoms with Crippen LogP contribution in [0.3, 0.4) is 0 Å². The Morgan fingerprint density at radius 2 is 1.71 bits per heavy atom. The zero-order chi connectivity index (χ0) is 12.7. The van der Waals surface area contributed by atoms with Gasteiger partial charge < -0.3 is 10.4 Å². The summed E-state index contributed by atoms with van der Waals surface area (Å²) in [5.74, 6) is 0.847. The lowest BCUT2D eigenvalue weighted by atomic mass is 9.89. The maximum Gasteiger partial charge on any atom is 0.0669 e. The molecule has 1 fully saturated rings. The van der Waals surface area contributed by atoms with Gasteiger partial charge in [-0.3, -0.25) is 0 Å². The van der Waals surface area contributed by atoms with E-state index in [1.807, 2.05) is 0 Å². The molecule has 1 aliphatic carbocycles. The van der Waals surface area contributed by atoms with E-state index < -0.39 is 0 Å². The largest absolute Gasteiger partial charge is 0.392 e. The monoisotopic (exact) mass is 241 g/mol. The molecule has 102 valence electrons. The predicted octanol–water partition coefficient (Wildman–Crippen LogP) is 3.34. The zero-order valence-corrected chi connectivity index (χ0v) is 12.0. The van der Waals surface area contributed by atoms with E-state index in [2.05, 4.69) is 26.1 Å². The van der Waals surface area contributed by atoms with Crippen LogP contribution in [0.2, 0.25) is 0 Å². The Kier molecular flexibility index (Phi) is 6.50. The molecule has 0 amide bonds. The lowest BCUT2D eigenvalue weighted by molar-refractivity contribution is 0.118. The molecule has 0 bridgehead atoms. The Bertz CT molecular complexity index is 190. The summed E-state index contributed by atoms with van der Waals surface area (Å²) in [5.41, 5.74) is 0.226. The molecule has 17 heavy (non-hydrogen) atoms. The van der Waals surface area contributed by atoms with Gasteiger partial charge in [0.2, 0.25) is 0 Å². The average Bonchev–Trinajstić information content (AvgIpc) is 2.43. The molecular weight excluding hydrogens is 210 g/mol. The van der Waals surface area contributed by atoms with Crippen molar-refractivity contribution < 1.29 is 5.11 Å². The Morgan fingerprint density at radius 1 is 1.12 bits per heavy atom. The summed E-state index contributed by atoms with van der Waals surface area (Å²) in [6, 6.07) is 0. The summed E-state index contributed by atoms with van der Waals surface area (Å²) in [6.45, 7) is 8.40. The van der Waals surface area contributed by atoms with E-state index in [9.17, 15) is 5.11 Å². The topological polar surface area (TPSA) is 32.3 Å². The Hall–Kier alpha value is -0.0800. The smallest absolute Gasteiger partial charge is 0.0669 e. The molecule has 0 radical (unpaired) electrons. The van der Waals surface area contributed by atoms with Gasteiger partial charge in [0, 0.05) is 6.54 Å². The SMILES string of the molecule is CC(C)(C)CC(O)CNCC1CCCCCC1. The molecule has 0 aromatic rings. The third-order valence-corrected chi connectivity index (χ3v) is 3.64. The van der Waals surface area contributed by atoms with Crippen LogP contribution in [0.25, 0.3) is 0 Å². The normalized spacial score (nSPS) is 21.2. The van der Waals surface area contributed by atoms with Crippen molar-refractivity contribution in [2.24, 2.45) is 11.3 Å². The number of aliphatic hydroxyl groups is 1. The van der Waals surface area contributed by atoms with Gasteiger partial charge in [-0.25, -0.2) is 0 Å². The second-order valence-electron chi connectivity index (χ2n) is 6.93. The standard InChI is InChI=1S/C15H31NO/c1-15(2,3)10-14(17)12-16-11-13-8-6-4-5-7-9-13/h13-14,16-17H,4-12H2,1-3H3. The molecule has 0 aromatic heterocycles. The minimum Gasteiger partial charge on any atom is -0.392 e. The molecule has 1 unspecified atom stereocenters. The summed E-state index contributed by atoms with van der Waals surface area (Å²) in [7, 11) is 0. The van der Waals surface area contributed by atoms with Crippen LogP contribution < -0.4 is 5.32 Å². The van der Waals surface area contributed by atoms with Crippen LogP contribution in [-0.2, 0) is 0 Å². The number of hydrogen-bond donors (Lipinski definition) is 2. The van der Waals surface area contributed by atoms with Crippen molar-refractivity contribution in [1.82, 2.24) is 5.32 Å². The molecule has 1 saturated carbocycles. The maximum absolute atomic E-state index is 9.91. The molecule has 0 aliphatic heterocycles. The van der Waals surface area contributed by atoms with Crippen molar-refractivity contribution in [2.75, 3.05) is 13.1 Å². The van der Waals surface area contributed by atoms with Gasteiger partial charge in [-0.15, -0.1) is 0 Å². The van der Waals surface area contributed by atoms with Crippen LogP contribution in [0.1, 0.15) is 65.7 Å². The summed E-state index contributed by atoms with van der Waals surface area (Å²) in [5, 5.41) is 13.4. The van der Waals surface area contributed by atoms with E-state index in [0.717, 1.165) is 25.4 Å². The van der Waals surface area contributed by atoms with E-state index in [4.69, 9.17) is 0 Å². The van der Waals surface area contributed by atoms with Crippen LogP contribution in [0, 0.1) is 11.3 Å². The van der Waals surface area contributed by atoms with Gasteiger partial charge in [0.1, 0.15) is 0 Å². The molecule has 2 nitrogen and oxygen atoms in total. The van der Waals surface area contributed by atoms with Crippen LogP contribution in [-0.4, -0.2) is 24.3 Å². The van der Waals surface area contributed by atoms with Crippen LogP contribution in [0.5, 0.6) is 0 Å². The van der Waals surface area contributed by atoms with Gasteiger partial charge in [0.15, 0.2) is 0 Å². The maximum atomic E-state index is 9.91. The van der Waals surface area contributed by atoms with Crippen LogP contribution >= 0.6 is 0 Å². The molecule has 0 spiro atoms. The van der Waals surface area contributed by atoms with E-state index in [1.165, 1.54) is 38.5 Å². The van der Waals surface area contributed by atoms with Gasteiger partial charge in [-0.05, 0) is 37.1 Å². The first kappa shape index (κ1) is 15.0. The summed E-state index contributed by atoms with van der Waals surface area (Å²) < 4.78 is 0. The number of rotatable bonds is 5. The Balaban J connectivity index is 2.09. The lowest BCUT2D eigenvalue weighted by Crippen LogP contribution is -2.33. The Morgan fingerprint density at radius 3 is 2.24 bits per heavy atom. The fourth-order valence-electron chi connectivity index (χ4n) is 2.80. The lowest BCUT2D eigenvalue weighted by Gasteiger charge is -2.23. The molecule has 2 heteroatoms. The van der Waals surface area contributed by atoms with E-state index in [1.54, 1.807) is 0 Å². The summed E-state index contributed by atoms with van der Waals surface area (Å²) >= 11 is 0. The average molecular weight is 241 g/mol. The Labute approximate surface area is 107 Å². The van der Waals surface area contributed by atoms with Crippen molar-refractivity contribution in [3.8, 4) is 0 Å². The predicted molar refractivity (Wildman–Crippen MR) is 74.1 cm³/mol. The fraction of sp³-hybridized carbons (Fsp3) is 1.00. The quantitative estimate of drug-likeness (QED) is 0.724. The minimum absolute atomic E-state index is 0.194. The second kappa shape index (κ2) is 7.38. The minimum atomic E-state index is -0.194. The van der Waals surface area contributed by atoms with Crippen molar-refractivity contribution in [1.29, 1.82) is 0 Å². The van der Waals surface area contributed by atoms with E-state index in [0.29, 0.717) is 0 Å². The van der Waals surface area contributed by atoms with Crippen molar-refractivity contribution in [3.05, 3.63) is 0 Å². The number of hydrogen-bond acceptors (Lipinski definition) is 2. The summed E-state index contributed by atoms with van der Waals surface area (Å²) in [4.78, 5) is 0. The fourth-order valence-corrected chi connectivity index (χ4v) is 2.80. The summed E-state index contributed by atoms with van der Waals surface area (Å²) in [6.07, 6.45) is 9.08. The third kappa shape index (κ3) is 7.77. The van der Waals surface area contributed by atoms with Crippen LogP contribution in [0.15, 0.2) is 0 Å². The molecule has 0 aromatic carbocycles. The highest BCUT2D eigenvalue weighted by atomic mass is 16.3. The highest BCUT2D eigenvalue weighted by Gasteiger charge is 2.17. The molecule has 0 saturated heterocycles. The first-order valence-electron chi connectivity index (χ1n) is 7.36. The molecule has 0 heterocycles. The molecular formula is C15H31NO.